The predicted molar refractivity (Wildman–Crippen MR) is 98.5 cm³/mol. The number of carbonyl (C=O) groups is 1. The lowest BCUT2D eigenvalue weighted by molar-refractivity contribution is 0.143. The van der Waals surface area contributed by atoms with Gasteiger partial charge in [-0.2, -0.15) is 0 Å². The number of aryl methyl sites for hydroxylation is 1. The van der Waals surface area contributed by atoms with E-state index in [1.807, 2.05) is 54.3 Å². The first-order valence-corrected chi connectivity index (χ1v) is 8.57. The van der Waals surface area contributed by atoms with E-state index < -0.39 is 0 Å². The maximum Gasteiger partial charge on any atom is 0.321 e. The average molecular weight is 344 g/mol. The Morgan fingerprint density at radius 3 is 2.54 bits per heavy atom. The summed E-state index contributed by atoms with van der Waals surface area (Å²) < 4.78 is 0. The van der Waals surface area contributed by atoms with Gasteiger partial charge in [0.1, 0.15) is 0 Å². The Kier molecular flexibility index (Phi) is 5.38. The van der Waals surface area contributed by atoms with Crippen LogP contribution >= 0.6 is 11.6 Å². The van der Waals surface area contributed by atoms with Crippen molar-refractivity contribution in [3.8, 4) is 0 Å². The van der Waals surface area contributed by atoms with Gasteiger partial charge >= 0.3 is 6.03 Å². The lowest BCUT2D eigenvalue weighted by Gasteiger charge is -2.34. The van der Waals surface area contributed by atoms with Crippen molar-refractivity contribution in [2.75, 3.05) is 31.5 Å². The molecular formula is C19H22ClN3O. The summed E-state index contributed by atoms with van der Waals surface area (Å²) >= 11 is 6.04. The first kappa shape index (κ1) is 16.8. The number of carbonyl (C=O) groups excluding carboxylic acids is 1. The van der Waals surface area contributed by atoms with Crippen LogP contribution in [-0.2, 0) is 6.54 Å². The van der Waals surface area contributed by atoms with Gasteiger partial charge in [-0.05, 0) is 42.3 Å². The van der Waals surface area contributed by atoms with E-state index >= 15 is 0 Å². The van der Waals surface area contributed by atoms with Gasteiger partial charge in [0, 0.05) is 43.4 Å². The number of rotatable bonds is 3. The number of anilines is 1. The maximum absolute atomic E-state index is 12.4. The van der Waals surface area contributed by atoms with Crippen LogP contribution in [0, 0.1) is 6.92 Å². The number of hydrogen-bond donors (Lipinski definition) is 1. The third-order valence-corrected chi connectivity index (χ3v) is 4.46. The Morgan fingerprint density at radius 1 is 1.08 bits per heavy atom. The van der Waals surface area contributed by atoms with Crippen molar-refractivity contribution in [3.05, 3.63) is 64.7 Å². The van der Waals surface area contributed by atoms with Gasteiger partial charge in [-0.15, -0.1) is 0 Å². The van der Waals surface area contributed by atoms with Crippen LogP contribution in [0.15, 0.2) is 48.5 Å². The second-order valence-electron chi connectivity index (χ2n) is 6.19. The van der Waals surface area contributed by atoms with E-state index in [9.17, 15) is 4.79 Å². The molecule has 0 bridgehead atoms. The molecule has 126 valence electrons. The number of halogens is 1. The second-order valence-corrected chi connectivity index (χ2v) is 6.63. The molecule has 1 heterocycles. The predicted octanol–water partition coefficient (Wildman–Crippen LogP) is 4.00. The number of nitrogens with zero attached hydrogens (tertiary/aromatic N) is 2. The van der Waals surface area contributed by atoms with Crippen LogP contribution in [0.2, 0.25) is 5.02 Å². The van der Waals surface area contributed by atoms with Crippen molar-refractivity contribution in [3.63, 3.8) is 0 Å². The number of nitrogens with one attached hydrogen (secondary N) is 1. The minimum absolute atomic E-state index is 0.0250. The van der Waals surface area contributed by atoms with E-state index in [1.165, 1.54) is 5.56 Å². The summed E-state index contributed by atoms with van der Waals surface area (Å²) in [5.74, 6) is 0. The van der Waals surface area contributed by atoms with Crippen LogP contribution in [0.4, 0.5) is 10.5 Å². The zero-order valence-electron chi connectivity index (χ0n) is 13.8. The molecule has 1 saturated heterocycles. The molecule has 2 amide bonds. The minimum atomic E-state index is -0.0250. The minimum Gasteiger partial charge on any atom is -0.322 e. The molecule has 0 spiro atoms. The fraction of sp³-hybridized carbons (Fsp3) is 0.316. The number of amides is 2. The van der Waals surface area contributed by atoms with Gasteiger partial charge in [-0.1, -0.05) is 35.9 Å². The summed E-state index contributed by atoms with van der Waals surface area (Å²) in [6, 6.07) is 15.8. The molecule has 0 aliphatic carbocycles. The van der Waals surface area contributed by atoms with Gasteiger partial charge in [0.2, 0.25) is 0 Å². The van der Waals surface area contributed by atoms with Gasteiger partial charge in [0.25, 0.3) is 0 Å². The second kappa shape index (κ2) is 7.69. The van der Waals surface area contributed by atoms with Crippen LogP contribution in [-0.4, -0.2) is 42.0 Å². The third-order valence-electron chi connectivity index (χ3n) is 4.22. The molecule has 2 aromatic carbocycles. The highest BCUT2D eigenvalue weighted by atomic mass is 35.5. The standard InChI is InChI=1S/C19H22ClN3O/c1-15-4-2-7-18(12-15)21-19(24)23-10-8-22(9-11-23)14-16-5-3-6-17(20)13-16/h2-7,12-13H,8-11,14H2,1H3,(H,21,24). The summed E-state index contributed by atoms with van der Waals surface area (Å²) in [4.78, 5) is 16.6. The maximum atomic E-state index is 12.4. The number of piperazine rings is 1. The van der Waals surface area contributed by atoms with Crippen molar-refractivity contribution in [2.24, 2.45) is 0 Å². The summed E-state index contributed by atoms with van der Waals surface area (Å²) in [7, 11) is 0. The lowest BCUT2D eigenvalue weighted by atomic mass is 10.2. The quantitative estimate of drug-likeness (QED) is 0.914. The molecule has 1 aliphatic heterocycles. The molecule has 0 saturated carbocycles. The van der Waals surface area contributed by atoms with Crippen molar-refractivity contribution in [1.29, 1.82) is 0 Å². The first-order chi connectivity index (χ1) is 11.6. The Balaban J connectivity index is 1.50. The molecule has 4 nitrogen and oxygen atoms in total. The van der Waals surface area contributed by atoms with Crippen LogP contribution in [0.25, 0.3) is 0 Å². The molecular weight excluding hydrogens is 322 g/mol. The molecule has 0 atom stereocenters. The molecule has 1 fully saturated rings. The van der Waals surface area contributed by atoms with Gasteiger partial charge in [0.05, 0.1) is 0 Å². The largest absolute Gasteiger partial charge is 0.322 e. The molecule has 5 heteroatoms. The topological polar surface area (TPSA) is 35.6 Å². The van der Waals surface area contributed by atoms with Crippen LogP contribution in [0.1, 0.15) is 11.1 Å². The van der Waals surface area contributed by atoms with E-state index in [0.717, 1.165) is 49.0 Å². The van der Waals surface area contributed by atoms with Crippen molar-refractivity contribution in [2.45, 2.75) is 13.5 Å². The highest BCUT2D eigenvalue weighted by Gasteiger charge is 2.21. The summed E-state index contributed by atoms with van der Waals surface area (Å²) in [5.41, 5.74) is 3.20. The fourth-order valence-corrected chi connectivity index (χ4v) is 3.14. The molecule has 2 aromatic rings. The van der Waals surface area contributed by atoms with Gasteiger partial charge in [-0.25, -0.2) is 4.79 Å². The van der Waals surface area contributed by atoms with Crippen molar-refractivity contribution >= 4 is 23.3 Å². The number of benzene rings is 2. The van der Waals surface area contributed by atoms with Gasteiger partial charge < -0.3 is 10.2 Å². The third kappa shape index (κ3) is 4.49. The van der Waals surface area contributed by atoms with Crippen LogP contribution in [0.5, 0.6) is 0 Å². The Labute approximate surface area is 148 Å². The fourth-order valence-electron chi connectivity index (χ4n) is 2.93. The summed E-state index contributed by atoms with van der Waals surface area (Å²) in [6.45, 7) is 6.09. The SMILES string of the molecule is Cc1cccc(NC(=O)N2CCN(Cc3cccc(Cl)c3)CC2)c1. The molecule has 3 rings (SSSR count). The van der Waals surface area contributed by atoms with Crippen LogP contribution in [0.3, 0.4) is 0 Å². The first-order valence-electron chi connectivity index (χ1n) is 8.19. The monoisotopic (exact) mass is 343 g/mol. The highest BCUT2D eigenvalue weighted by Crippen LogP contribution is 2.15. The molecule has 0 aromatic heterocycles. The highest BCUT2D eigenvalue weighted by molar-refractivity contribution is 6.30. The van der Waals surface area contributed by atoms with Gasteiger partial charge in [0.15, 0.2) is 0 Å². The zero-order valence-corrected chi connectivity index (χ0v) is 14.6. The molecule has 1 aliphatic rings. The summed E-state index contributed by atoms with van der Waals surface area (Å²) in [5, 5.41) is 3.74. The molecule has 24 heavy (non-hydrogen) atoms. The number of hydrogen-bond acceptors (Lipinski definition) is 2. The lowest BCUT2D eigenvalue weighted by Crippen LogP contribution is -2.49. The van der Waals surface area contributed by atoms with Crippen molar-refractivity contribution in [1.82, 2.24) is 9.80 Å². The van der Waals surface area contributed by atoms with Crippen molar-refractivity contribution < 1.29 is 4.79 Å². The van der Waals surface area contributed by atoms with E-state index in [0.29, 0.717) is 0 Å². The normalized spacial score (nSPS) is 15.3. The average Bonchev–Trinajstić information content (AvgIpc) is 2.55. The Bertz CT molecular complexity index is 711. The van der Waals surface area contributed by atoms with E-state index in [-0.39, 0.29) is 6.03 Å². The van der Waals surface area contributed by atoms with E-state index in [2.05, 4.69) is 16.3 Å². The molecule has 0 unspecified atom stereocenters. The Morgan fingerprint density at radius 2 is 1.83 bits per heavy atom. The smallest absolute Gasteiger partial charge is 0.321 e. The van der Waals surface area contributed by atoms with E-state index in [4.69, 9.17) is 11.6 Å². The molecule has 1 N–H and O–H groups in total. The van der Waals surface area contributed by atoms with Crippen LogP contribution < -0.4 is 5.32 Å². The van der Waals surface area contributed by atoms with E-state index in [1.54, 1.807) is 0 Å². The summed E-state index contributed by atoms with van der Waals surface area (Å²) in [6.07, 6.45) is 0. The zero-order chi connectivity index (χ0) is 16.9. The molecule has 0 radical (unpaired) electrons. The van der Waals surface area contributed by atoms with Gasteiger partial charge in [-0.3, -0.25) is 4.90 Å². The number of urea groups is 1. The Hall–Kier alpha value is -2.04.